The van der Waals surface area contributed by atoms with E-state index >= 15 is 0 Å². The van der Waals surface area contributed by atoms with Gasteiger partial charge in [0.15, 0.2) is 0 Å². The lowest BCUT2D eigenvalue weighted by molar-refractivity contribution is -0.143. The van der Waals surface area contributed by atoms with Crippen LogP contribution >= 0.6 is 0 Å². The third-order valence-corrected chi connectivity index (χ3v) is 1.73. The zero-order valence-electron chi connectivity index (χ0n) is 7.27. The molecule has 11 heavy (non-hydrogen) atoms. The van der Waals surface area contributed by atoms with Crippen LogP contribution in [0.5, 0.6) is 0 Å². The van der Waals surface area contributed by atoms with Crippen molar-refractivity contribution in [3.05, 3.63) is 0 Å². The maximum Gasteiger partial charge on any atom is 0.355 e. The Bertz CT molecular complexity index is 99.7. The topological polar surface area (TPSA) is 37.0 Å². The van der Waals surface area contributed by atoms with Crippen LogP contribution in [0.1, 0.15) is 51.9 Å². The van der Waals surface area contributed by atoms with E-state index in [-0.39, 0.29) is 6.42 Å². The predicted octanol–water partition coefficient (Wildman–Crippen LogP) is 2.69. The number of carbonyl (C=O) groups is 1. The van der Waals surface area contributed by atoms with Crippen molar-refractivity contribution in [1.29, 1.82) is 0 Å². The molecule has 0 unspecified atom stereocenters. The van der Waals surface area contributed by atoms with Crippen LogP contribution in [-0.2, 0) is 9.90 Å². The van der Waals surface area contributed by atoms with Gasteiger partial charge in [-0.1, -0.05) is 39.0 Å². The van der Waals surface area contributed by atoms with Crippen molar-refractivity contribution in [2.75, 3.05) is 0 Å². The molecule has 0 bridgehead atoms. The van der Waals surface area contributed by atoms with E-state index in [1.54, 1.807) is 0 Å². The first-order valence-corrected chi connectivity index (χ1v) is 4.47. The fourth-order valence-corrected chi connectivity index (χ4v) is 1.05. The summed E-state index contributed by atoms with van der Waals surface area (Å²) in [7, 11) is 0. The second-order valence-corrected chi connectivity index (χ2v) is 2.89. The minimum absolute atomic E-state index is 0.228. The van der Waals surface area contributed by atoms with E-state index in [0.717, 1.165) is 12.8 Å². The van der Waals surface area contributed by atoms with Crippen LogP contribution in [0.4, 0.5) is 0 Å². The molecule has 1 radical (unpaired) electrons. The van der Waals surface area contributed by atoms with Crippen LogP contribution in [0, 0.1) is 0 Å². The fraction of sp³-hybridized carbons (Fsp3) is 0.889. The standard InChI is InChI=1S/C9H17O2/c1-2-3-4-5-6-7-8-9(10)11/h2-8H2,1H3. The summed E-state index contributed by atoms with van der Waals surface area (Å²) in [6.45, 7) is 2.17. The summed E-state index contributed by atoms with van der Waals surface area (Å²) < 4.78 is 0. The van der Waals surface area contributed by atoms with E-state index in [2.05, 4.69) is 6.92 Å². The van der Waals surface area contributed by atoms with Crippen molar-refractivity contribution < 1.29 is 9.90 Å². The zero-order chi connectivity index (χ0) is 8.53. The Morgan fingerprint density at radius 3 is 2.09 bits per heavy atom. The van der Waals surface area contributed by atoms with Gasteiger partial charge in [-0.25, -0.2) is 9.90 Å². The van der Waals surface area contributed by atoms with E-state index < -0.39 is 5.97 Å². The highest BCUT2D eigenvalue weighted by Crippen LogP contribution is 2.06. The summed E-state index contributed by atoms with van der Waals surface area (Å²) in [5.74, 6) is -0.916. The van der Waals surface area contributed by atoms with Gasteiger partial charge in [0.1, 0.15) is 0 Å². The molecule has 0 saturated heterocycles. The molecule has 0 spiro atoms. The molecule has 0 aliphatic rings. The number of hydrogen-bond acceptors (Lipinski definition) is 1. The normalized spacial score (nSPS) is 9.91. The molecule has 0 aromatic rings. The highest BCUT2D eigenvalue weighted by molar-refractivity contribution is 5.66. The molecule has 0 N–H and O–H groups in total. The van der Waals surface area contributed by atoms with E-state index in [4.69, 9.17) is 0 Å². The van der Waals surface area contributed by atoms with Crippen molar-refractivity contribution in [3.8, 4) is 0 Å². The summed E-state index contributed by atoms with van der Waals surface area (Å²) in [6.07, 6.45) is 6.96. The third kappa shape index (κ3) is 9.47. The zero-order valence-corrected chi connectivity index (χ0v) is 7.27. The van der Waals surface area contributed by atoms with Crippen molar-refractivity contribution in [2.24, 2.45) is 0 Å². The van der Waals surface area contributed by atoms with Crippen LogP contribution in [0.3, 0.4) is 0 Å². The Morgan fingerprint density at radius 2 is 1.55 bits per heavy atom. The molecule has 0 atom stereocenters. The van der Waals surface area contributed by atoms with Gasteiger partial charge in [-0.2, -0.15) is 0 Å². The van der Waals surface area contributed by atoms with E-state index in [1.807, 2.05) is 0 Å². The van der Waals surface area contributed by atoms with Crippen LogP contribution in [0.15, 0.2) is 0 Å². The third-order valence-electron chi connectivity index (χ3n) is 1.73. The fourth-order valence-electron chi connectivity index (χ4n) is 1.05. The van der Waals surface area contributed by atoms with E-state index in [9.17, 15) is 9.90 Å². The molecule has 0 heterocycles. The van der Waals surface area contributed by atoms with Gasteiger partial charge in [-0.15, -0.1) is 0 Å². The second-order valence-electron chi connectivity index (χ2n) is 2.89. The molecule has 0 aliphatic carbocycles. The van der Waals surface area contributed by atoms with Gasteiger partial charge in [0.05, 0.1) is 6.42 Å². The number of unbranched alkanes of at least 4 members (excludes halogenated alkanes) is 5. The number of rotatable bonds is 7. The first kappa shape index (κ1) is 10.5. The molecule has 0 amide bonds. The minimum atomic E-state index is -0.916. The summed E-state index contributed by atoms with van der Waals surface area (Å²) in [5, 5.41) is 9.98. The summed E-state index contributed by atoms with van der Waals surface area (Å²) >= 11 is 0. The summed E-state index contributed by atoms with van der Waals surface area (Å²) in [4.78, 5) is 9.98. The van der Waals surface area contributed by atoms with Crippen molar-refractivity contribution in [3.63, 3.8) is 0 Å². The number of hydrogen-bond donors (Lipinski definition) is 0. The van der Waals surface area contributed by atoms with Gasteiger partial charge < -0.3 is 0 Å². The van der Waals surface area contributed by atoms with E-state index in [0.29, 0.717) is 0 Å². The Balaban J connectivity index is 2.85. The molecule has 0 rings (SSSR count). The summed E-state index contributed by atoms with van der Waals surface area (Å²) in [6, 6.07) is 0. The van der Waals surface area contributed by atoms with Crippen LogP contribution in [0.25, 0.3) is 0 Å². The minimum Gasteiger partial charge on any atom is -0.247 e. The smallest absolute Gasteiger partial charge is 0.247 e. The molecule has 2 heteroatoms. The van der Waals surface area contributed by atoms with Crippen molar-refractivity contribution in [2.45, 2.75) is 51.9 Å². The van der Waals surface area contributed by atoms with Crippen molar-refractivity contribution >= 4 is 5.97 Å². The quantitative estimate of drug-likeness (QED) is 0.523. The molecular weight excluding hydrogens is 140 g/mol. The Hall–Kier alpha value is -0.530. The Labute approximate surface area is 68.6 Å². The largest absolute Gasteiger partial charge is 0.355 e. The summed E-state index contributed by atoms with van der Waals surface area (Å²) in [5.41, 5.74) is 0. The maximum atomic E-state index is 9.98. The van der Waals surface area contributed by atoms with Gasteiger partial charge in [-0.3, -0.25) is 0 Å². The van der Waals surface area contributed by atoms with Gasteiger partial charge in [0.2, 0.25) is 0 Å². The molecule has 2 nitrogen and oxygen atoms in total. The average Bonchev–Trinajstić information content (AvgIpc) is 1.96. The van der Waals surface area contributed by atoms with Gasteiger partial charge in [-0.05, 0) is 6.42 Å². The molecule has 65 valence electrons. The van der Waals surface area contributed by atoms with Crippen LogP contribution in [-0.4, -0.2) is 5.97 Å². The lowest BCUT2D eigenvalue weighted by Gasteiger charge is -1.96. The van der Waals surface area contributed by atoms with E-state index in [1.165, 1.54) is 25.7 Å². The first-order chi connectivity index (χ1) is 5.27. The molecule has 0 aromatic carbocycles. The highest BCUT2D eigenvalue weighted by atomic mass is 16.4. The molecule has 0 aliphatic heterocycles. The number of carbonyl (C=O) groups excluding carboxylic acids is 1. The average molecular weight is 157 g/mol. The lowest BCUT2D eigenvalue weighted by atomic mass is 10.1. The molecule has 0 aromatic heterocycles. The van der Waals surface area contributed by atoms with Crippen molar-refractivity contribution in [1.82, 2.24) is 0 Å². The SMILES string of the molecule is CCCCCCCCC([O])=O. The molecule has 0 saturated carbocycles. The van der Waals surface area contributed by atoms with Gasteiger partial charge in [0, 0.05) is 0 Å². The second kappa shape index (κ2) is 7.58. The molecule has 0 fully saturated rings. The lowest BCUT2D eigenvalue weighted by Crippen LogP contribution is -1.91. The monoisotopic (exact) mass is 157 g/mol. The Kier molecular flexibility index (Phi) is 7.21. The predicted molar refractivity (Wildman–Crippen MR) is 43.7 cm³/mol. The van der Waals surface area contributed by atoms with Crippen LogP contribution < -0.4 is 0 Å². The van der Waals surface area contributed by atoms with Gasteiger partial charge >= 0.3 is 5.97 Å². The highest BCUT2D eigenvalue weighted by Gasteiger charge is 1.97. The first-order valence-electron chi connectivity index (χ1n) is 4.47. The maximum absolute atomic E-state index is 9.98. The molecular formula is C9H17O2. The van der Waals surface area contributed by atoms with Gasteiger partial charge in [0.25, 0.3) is 0 Å². The van der Waals surface area contributed by atoms with Crippen LogP contribution in [0.2, 0.25) is 0 Å². The Morgan fingerprint density at radius 1 is 1.00 bits per heavy atom.